The van der Waals surface area contributed by atoms with Gasteiger partial charge in [0, 0.05) is 12.6 Å². The normalized spacial score (nSPS) is 30.3. The fourth-order valence-corrected chi connectivity index (χ4v) is 1.81. The predicted octanol–water partition coefficient (Wildman–Crippen LogP) is 0.104. The predicted molar refractivity (Wildman–Crippen MR) is 47.0 cm³/mol. The van der Waals surface area contributed by atoms with Crippen LogP contribution in [0.2, 0.25) is 0 Å². The van der Waals surface area contributed by atoms with Crippen molar-refractivity contribution in [2.24, 2.45) is 11.5 Å². The van der Waals surface area contributed by atoms with Gasteiger partial charge in [0.25, 0.3) is 0 Å². The molecule has 11 heavy (non-hydrogen) atoms. The molecule has 1 unspecified atom stereocenters. The van der Waals surface area contributed by atoms with Crippen LogP contribution in [0.4, 0.5) is 0 Å². The quantitative estimate of drug-likeness (QED) is 0.598. The summed E-state index contributed by atoms with van der Waals surface area (Å²) in [4.78, 5) is 2.31. The van der Waals surface area contributed by atoms with E-state index >= 15 is 0 Å². The molecule has 0 aromatic carbocycles. The minimum absolute atomic E-state index is 0.170. The van der Waals surface area contributed by atoms with Gasteiger partial charge in [0.1, 0.15) is 0 Å². The lowest BCUT2D eigenvalue weighted by Crippen LogP contribution is -2.51. The van der Waals surface area contributed by atoms with E-state index in [2.05, 4.69) is 4.90 Å². The highest BCUT2D eigenvalue weighted by molar-refractivity contribution is 4.79. The number of piperidine rings is 1. The van der Waals surface area contributed by atoms with Crippen molar-refractivity contribution >= 4 is 0 Å². The smallest absolute Gasteiger partial charge is 0.0545 e. The van der Waals surface area contributed by atoms with Gasteiger partial charge in [-0.3, -0.25) is 4.90 Å². The number of nitrogens with zero attached hydrogens (tertiary/aromatic N) is 1. The molecule has 0 bridgehead atoms. The molecule has 0 aromatic rings. The molecular weight excluding hydrogens is 138 g/mol. The van der Waals surface area contributed by atoms with E-state index in [-0.39, 0.29) is 6.17 Å². The molecule has 2 atom stereocenters. The SMILES string of the molecule is CC(N)N1CCCC[C@H]1CN. The fourth-order valence-electron chi connectivity index (χ4n) is 1.81. The van der Waals surface area contributed by atoms with Gasteiger partial charge in [-0.05, 0) is 26.3 Å². The number of rotatable bonds is 2. The first-order valence-corrected chi connectivity index (χ1v) is 4.47. The Morgan fingerprint density at radius 1 is 1.55 bits per heavy atom. The van der Waals surface area contributed by atoms with Crippen LogP contribution in [-0.4, -0.2) is 30.2 Å². The van der Waals surface area contributed by atoms with Crippen LogP contribution in [0.25, 0.3) is 0 Å². The van der Waals surface area contributed by atoms with Crippen LogP contribution in [0.1, 0.15) is 26.2 Å². The zero-order chi connectivity index (χ0) is 8.27. The largest absolute Gasteiger partial charge is 0.329 e. The van der Waals surface area contributed by atoms with Crippen molar-refractivity contribution in [3.63, 3.8) is 0 Å². The molecule has 0 aliphatic carbocycles. The molecule has 1 heterocycles. The number of hydrogen-bond acceptors (Lipinski definition) is 3. The van der Waals surface area contributed by atoms with Crippen LogP contribution in [-0.2, 0) is 0 Å². The Kier molecular flexibility index (Phi) is 3.30. The molecule has 1 aliphatic rings. The molecule has 0 amide bonds. The Morgan fingerprint density at radius 3 is 2.73 bits per heavy atom. The highest BCUT2D eigenvalue weighted by atomic mass is 15.2. The second-order valence-electron chi connectivity index (χ2n) is 3.36. The minimum atomic E-state index is 0.170. The van der Waals surface area contributed by atoms with Gasteiger partial charge in [0.2, 0.25) is 0 Å². The Balaban J connectivity index is 2.44. The van der Waals surface area contributed by atoms with Gasteiger partial charge in [-0.25, -0.2) is 0 Å². The van der Waals surface area contributed by atoms with E-state index in [1.54, 1.807) is 0 Å². The molecule has 0 spiro atoms. The molecule has 1 aliphatic heterocycles. The highest BCUT2D eigenvalue weighted by Crippen LogP contribution is 2.16. The van der Waals surface area contributed by atoms with Gasteiger partial charge < -0.3 is 11.5 Å². The number of likely N-dealkylation sites (tertiary alicyclic amines) is 1. The maximum Gasteiger partial charge on any atom is 0.0545 e. The van der Waals surface area contributed by atoms with Crippen molar-refractivity contribution in [1.29, 1.82) is 0 Å². The summed E-state index contributed by atoms with van der Waals surface area (Å²) in [6.07, 6.45) is 3.98. The average Bonchev–Trinajstić information content (AvgIpc) is 2.04. The second-order valence-corrected chi connectivity index (χ2v) is 3.36. The molecule has 0 radical (unpaired) electrons. The lowest BCUT2D eigenvalue weighted by molar-refractivity contribution is 0.111. The summed E-state index contributed by atoms with van der Waals surface area (Å²) in [5.74, 6) is 0. The van der Waals surface area contributed by atoms with Crippen LogP contribution in [0.15, 0.2) is 0 Å². The number of hydrogen-bond donors (Lipinski definition) is 2. The van der Waals surface area contributed by atoms with E-state index < -0.39 is 0 Å². The van der Waals surface area contributed by atoms with E-state index in [0.717, 1.165) is 13.1 Å². The van der Waals surface area contributed by atoms with Gasteiger partial charge in [0.05, 0.1) is 6.17 Å². The first kappa shape index (κ1) is 8.97. The summed E-state index contributed by atoms with van der Waals surface area (Å²) in [5, 5.41) is 0. The zero-order valence-corrected chi connectivity index (χ0v) is 7.29. The third-order valence-electron chi connectivity index (χ3n) is 2.47. The summed E-state index contributed by atoms with van der Waals surface area (Å²) in [7, 11) is 0. The maximum atomic E-state index is 5.80. The molecule has 1 fully saturated rings. The average molecular weight is 157 g/mol. The number of nitrogens with two attached hydrogens (primary N) is 2. The van der Waals surface area contributed by atoms with Gasteiger partial charge in [-0.2, -0.15) is 0 Å². The summed E-state index contributed by atoms with van der Waals surface area (Å²) >= 11 is 0. The Hall–Kier alpha value is -0.120. The van der Waals surface area contributed by atoms with Crippen molar-refractivity contribution < 1.29 is 0 Å². The maximum absolute atomic E-state index is 5.80. The van der Waals surface area contributed by atoms with Crippen LogP contribution in [0.5, 0.6) is 0 Å². The third-order valence-corrected chi connectivity index (χ3v) is 2.47. The van der Waals surface area contributed by atoms with Gasteiger partial charge in [0.15, 0.2) is 0 Å². The molecule has 4 N–H and O–H groups in total. The molecule has 66 valence electrons. The Morgan fingerprint density at radius 2 is 2.27 bits per heavy atom. The fraction of sp³-hybridized carbons (Fsp3) is 1.00. The lowest BCUT2D eigenvalue weighted by Gasteiger charge is -2.37. The van der Waals surface area contributed by atoms with Crippen LogP contribution in [0, 0.1) is 0 Å². The molecule has 0 saturated carbocycles. The van der Waals surface area contributed by atoms with Gasteiger partial charge >= 0.3 is 0 Å². The van der Waals surface area contributed by atoms with E-state index in [9.17, 15) is 0 Å². The lowest BCUT2D eigenvalue weighted by atomic mass is 10.0. The zero-order valence-electron chi connectivity index (χ0n) is 7.29. The monoisotopic (exact) mass is 157 g/mol. The van der Waals surface area contributed by atoms with Gasteiger partial charge in [-0.15, -0.1) is 0 Å². The minimum Gasteiger partial charge on any atom is -0.329 e. The third kappa shape index (κ3) is 2.15. The molecule has 3 nitrogen and oxygen atoms in total. The molecule has 3 heteroatoms. The van der Waals surface area contributed by atoms with Crippen molar-refractivity contribution in [2.45, 2.75) is 38.4 Å². The van der Waals surface area contributed by atoms with Crippen molar-refractivity contribution in [3.8, 4) is 0 Å². The van der Waals surface area contributed by atoms with Crippen LogP contribution in [0.3, 0.4) is 0 Å². The topological polar surface area (TPSA) is 55.3 Å². The summed E-state index contributed by atoms with van der Waals surface area (Å²) in [6.45, 7) is 3.91. The second kappa shape index (κ2) is 4.04. The van der Waals surface area contributed by atoms with E-state index in [1.165, 1.54) is 19.3 Å². The molecule has 1 rings (SSSR count). The van der Waals surface area contributed by atoms with Crippen LogP contribution < -0.4 is 11.5 Å². The Bertz CT molecular complexity index is 114. The van der Waals surface area contributed by atoms with E-state index in [4.69, 9.17) is 11.5 Å². The van der Waals surface area contributed by atoms with Crippen molar-refractivity contribution in [2.75, 3.05) is 13.1 Å². The molecule has 0 aromatic heterocycles. The van der Waals surface area contributed by atoms with Crippen LogP contribution >= 0.6 is 0 Å². The standard InChI is InChI=1S/C8H19N3/c1-7(10)11-5-3-2-4-8(11)6-9/h7-8H,2-6,9-10H2,1H3/t7?,8-/m0/s1. The first-order chi connectivity index (χ1) is 5.25. The van der Waals surface area contributed by atoms with Crippen molar-refractivity contribution in [1.82, 2.24) is 4.90 Å². The van der Waals surface area contributed by atoms with Crippen molar-refractivity contribution in [3.05, 3.63) is 0 Å². The summed E-state index contributed by atoms with van der Waals surface area (Å²) in [6, 6.07) is 0.531. The highest BCUT2D eigenvalue weighted by Gasteiger charge is 2.22. The van der Waals surface area contributed by atoms with E-state index in [0.29, 0.717) is 6.04 Å². The van der Waals surface area contributed by atoms with E-state index in [1.807, 2.05) is 6.92 Å². The summed E-state index contributed by atoms with van der Waals surface area (Å²) in [5.41, 5.74) is 11.4. The Labute approximate surface area is 68.7 Å². The summed E-state index contributed by atoms with van der Waals surface area (Å²) < 4.78 is 0. The molecule has 1 saturated heterocycles. The first-order valence-electron chi connectivity index (χ1n) is 4.47. The van der Waals surface area contributed by atoms with Gasteiger partial charge in [-0.1, -0.05) is 6.42 Å². The molecular formula is C8H19N3.